The summed E-state index contributed by atoms with van der Waals surface area (Å²) in [6.45, 7) is 1.61. The Hall–Kier alpha value is -2.30. The number of nitrogens with zero attached hydrogens (tertiary/aromatic N) is 4. The first-order valence-corrected chi connectivity index (χ1v) is 7.13. The fourth-order valence-corrected chi connectivity index (χ4v) is 2.53. The molecule has 2 aromatic heterocycles. The summed E-state index contributed by atoms with van der Waals surface area (Å²) in [5, 5.41) is 26.7. The number of hydrogen-bond acceptors (Lipinski definition) is 7. The molecule has 3 atom stereocenters. The zero-order chi connectivity index (χ0) is 16.6. The first kappa shape index (κ1) is 15.6. The van der Waals surface area contributed by atoms with Crippen molar-refractivity contribution in [3.05, 3.63) is 44.5 Å². The van der Waals surface area contributed by atoms with Crippen molar-refractivity contribution in [1.29, 1.82) is 0 Å². The molecule has 0 radical (unpaired) electrons. The Bertz CT molecular complexity index is 810. The molecule has 10 nitrogen and oxygen atoms in total. The standard InChI is InChI=1S/C13H17N5O5/c1-7-3-18(13(22)14-12(7)21)11-2-9(20)10(23-11)5-17-4-8(6-19)15-16-17/h3-4,9-11,19-20H,2,5-6H2,1H3,(H,14,21,22)/t9-,10+,11+/m0/s1. The lowest BCUT2D eigenvalue weighted by Crippen LogP contribution is -2.33. The maximum atomic E-state index is 11.9. The number of aromatic nitrogens is 5. The highest BCUT2D eigenvalue weighted by Gasteiger charge is 2.36. The lowest BCUT2D eigenvalue weighted by Gasteiger charge is -2.16. The first-order valence-electron chi connectivity index (χ1n) is 7.13. The van der Waals surface area contributed by atoms with E-state index in [9.17, 15) is 14.7 Å². The third kappa shape index (κ3) is 3.09. The lowest BCUT2D eigenvalue weighted by molar-refractivity contribution is -0.0302. The van der Waals surface area contributed by atoms with Gasteiger partial charge >= 0.3 is 5.69 Å². The molecule has 0 unspecified atom stereocenters. The molecule has 0 aromatic carbocycles. The third-order valence-corrected chi connectivity index (χ3v) is 3.78. The summed E-state index contributed by atoms with van der Waals surface area (Å²) >= 11 is 0. The molecular weight excluding hydrogens is 306 g/mol. The summed E-state index contributed by atoms with van der Waals surface area (Å²) in [4.78, 5) is 25.5. The maximum absolute atomic E-state index is 11.9. The van der Waals surface area contributed by atoms with Gasteiger partial charge in [-0.2, -0.15) is 0 Å². The maximum Gasteiger partial charge on any atom is 0.330 e. The Morgan fingerprint density at radius 2 is 2.22 bits per heavy atom. The van der Waals surface area contributed by atoms with Gasteiger partial charge in [0.25, 0.3) is 5.56 Å². The predicted molar refractivity (Wildman–Crippen MR) is 76.5 cm³/mol. The van der Waals surface area contributed by atoms with Crippen LogP contribution in [0, 0.1) is 6.92 Å². The van der Waals surface area contributed by atoms with Gasteiger partial charge in [-0.25, -0.2) is 9.48 Å². The number of aryl methyl sites for hydroxylation is 1. The van der Waals surface area contributed by atoms with Crippen molar-refractivity contribution in [2.24, 2.45) is 0 Å². The highest BCUT2D eigenvalue weighted by Crippen LogP contribution is 2.28. The van der Waals surface area contributed by atoms with Gasteiger partial charge in [-0.15, -0.1) is 5.10 Å². The molecule has 3 heterocycles. The normalized spacial score (nSPS) is 24.2. The van der Waals surface area contributed by atoms with Crippen LogP contribution in [-0.2, 0) is 17.9 Å². The highest BCUT2D eigenvalue weighted by atomic mass is 16.5. The summed E-state index contributed by atoms with van der Waals surface area (Å²) in [6.07, 6.45) is 1.16. The zero-order valence-corrected chi connectivity index (χ0v) is 12.4. The largest absolute Gasteiger partial charge is 0.390 e. The van der Waals surface area contributed by atoms with Crippen LogP contribution >= 0.6 is 0 Å². The van der Waals surface area contributed by atoms with Crippen LogP contribution in [0.3, 0.4) is 0 Å². The number of aliphatic hydroxyl groups is 2. The van der Waals surface area contributed by atoms with Crippen LogP contribution in [0.4, 0.5) is 0 Å². The van der Waals surface area contributed by atoms with Gasteiger partial charge < -0.3 is 14.9 Å². The highest BCUT2D eigenvalue weighted by molar-refractivity contribution is 5.02. The van der Waals surface area contributed by atoms with Crippen LogP contribution in [0.2, 0.25) is 0 Å². The molecule has 3 rings (SSSR count). The van der Waals surface area contributed by atoms with Crippen LogP contribution < -0.4 is 11.2 Å². The minimum absolute atomic E-state index is 0.219. The Labute approximate surface area is 130 Å². The van der Waals surface area contributed by atoms with Crippen molar-refractivity contribution in [2.45, 2.75) is 44.9 Å². The van der Waals surface area contributed by atoms with Crippen LogP contribution in [-0.4, -0.2) is 47.0 Å². The van der Waals surface area contributed by atoms with Crippen molar-refractivity contribution < 1.29 is 14.9 Å². The number of rotatable bonds is 4. The second-order valence-electron chi connectivity index (χ2n) is 5.50. The monoisotopic (exact) mass is 323 g/mol. The minimum Gasteiger partial charge on any atom is -0.390 e. The Kier molecular flexibility index (Phi) is 4.11. The average molecular weight is 323 g/mol. The molecular formula is C13H17N5O5. The summed E-state index contributed by atoms with van der Waals surface area (Å²) in [6, 6.07) is 0. The fourth-order valence-electron chi connectivity index (χ4n) is 2.53. The molecule has 10 heteroatoms. The second kappa shape index (κ2) is 6.07. The van der Waals surface area contributed by atoms with E-state index in [2.05, 4.69) is 15.3 Å². The number of aliphatic hydroxyl groups excluding tert-OH is 2. The van der Waals surface area contributed by atoms with Crippen molar-refractivity contribution in [2.75, 3.05) is 0 Å². The van der Waals surface area contributed by atoms with E-state index in [1.54, 1.807) is 13.1 Å². The van der Waals surface area contributed by atoms with Gasteiger partial charge in [0.05, 0.1) is 25.5 Å². The lowest BCUT2D eigenvalue weighted by atomic mass is 10.2. The predicted octanol–water partition coefficient (Wildman–Crippen LogP) is -1.72. The Morgan fingerprint density at radius 1 is 1.43 bits per heavy atom. The van der Waals surface area contributed by atoms with E-state index in [0.717, 1.165) is 0 Å². The van der Waals surface area contributed by atoms with Crippen molar-refractivity contribution in [3.63, 3.8) is 0 Å². The molecule has 124 valence electrons. The van der Waals surface area contributed by atoms with Crippen LogP contribution in [0.1, 0.15) is 23.9 Å². The molecule has 3 N–H and O–H groups in total. The molecule has 0 bridgehead atoms. The molecule has 2 aromatic rings. The van der Waals surface area contributed by atoms with Gasteiger partial charge in [0, 0.05) is 18.2 Å². The molecule has 1 fully saturated rings. The van der Waals surface area contributed by atoms with Crippen LogP contribution in [0.15, 0.2) is 22.0 Å². The minimum atomic E-state index is -0.791. The first-order chi connectivity index (χ1) is 11.0. The Morgan fingerprint density at radius 3 is 2.91 bits per heavy atom. The summed E-state index contributed by atoms with van der Waals surface area (Å²) in [7, 11) is 0. The van der Waals surface area contributed by atoms with Gasteiger partial charge in [-0.1, -0.05) is 5.21 Å². The van der Waals surface area contributed by atoms with Gasteiger partial charge in [0.1, 0.15) is 18.0 Å². The molecule has 1 aliphatic rings. The summed E-state index contributed by atoms with van der Waals surface area (Å²) in [5.41, 5.74) is -0.223. The number of H-pyrrole nitrogens is 1. The van der Waals surface area contributed by atoms with Crippen molar-refractivity contribution in [3.8, 4) is 0 Å². The Balaban J connectivity index is 1.77. The second-order valence-corrected chi connectivity index (χ2v) is 5.50. The molecule has 23 heavy (non-hydrogen) atoms. The van der Waals surface area contributed by atoms with Crippen molar-refractivity contribution >= 4 is 0 Å². The van der Waals surface area contributed by atoms with Crippen molar-refractivity contribution in [1.82, 2.24) is 24.5 Å². The van der Waals surface area contributed by atoms with Gasteiger partial charge in [-0.05, 0) is 6.92 Å². The smallest absolute Gasteiger partial charge is 0.330 e. The molecule has 1 aliphatic heterocycles. The SMILES string of the molecule is Cc1cn([C@H]2C[C@H](O)[C@@H](Cn3cc(CO)nn3)O2)c(=O)[nH]c1=O. The number of hydrogen-bond donors (Lipinski definition) is 3. The molecule has 0 spiro atoms. The third-order valence-electron chi connectivity index (χ3n) is 3.78. The summed E-state index contributed by atoms with van der Waals surface area (Å²) < 4.78 is 8.45. The molecule has 0 aliphatic carbocycles. The van der Waals surface area contributed by atoms with E-state index in [4.69, 9.17) is 9.84 Å². The van der Waals surface area contributed by atoms with E-state index < -0.39 is 29.7 Å². The average Bonchev–Trinajstić information content (AvgIpc) is 3.10. The van der Waals surface area contributed by atoms with E-state index in [0.29, 0.717) is 11.3 Å². The topological polar surface area (TPSA) is 135 Å². The van der Waals surface area contributed by atoms with Gasteiger partial charge in [0.2, 0.25) is 0 Å². The van der Waals surface area contributed by atoms with Gasteiger partial charge in [-0.3, -0.25) is 14.3 Å². The fraction of sp³-hybridized carbons (Fsp3) is 0.538. The number of ether oxygens (including phenoxy) is 1. The van der Waals surface area contributed by atoms with Crippen LogP contribution in [0.25, 0.3) is 0 Å². The molecule has 0 amide bonds. The zero-order valence-electron chi connectivity index (χ0n) is 12.4. The van der Waals surface area contributed by atoms with E-state index in [1.807, 2.05) is 0 Å². The molecule has 0 saturated carbocycles. The summed E-state index contributed by atoms with van der Waals surface area (Å²) in [5.74, 6) is 0. The van der Waals surface area contributed by atoms with E-state index >= 15 is 0 Å². The number of nitrogens with one attached hydrogen (secondary N) is 1. The number of aromatic amines is 1. The molecule has 1 saturated heterocycles. The van der Waals surface area contributed by atoms with Gasteiger partial charge in [0.15, 0.2) is 0 Å². The quantitative estimate of drug-likeness (QED) is 0.609. The van der Waals surface area contributed by atoms with Crippen LogP contribution in [0.5, 0.6) is 0 Å². The van der Waals surface area contributed by atoms with E-state index in [1.165, 1.54) is 15.4 Å². The van der Waals surface area contributed by atoms with E-state index in [-0.39, 0.29) is 19.6 Å².